The van der Waals surface area contributed by atoms with Gasteiger partial charge in [-0.05, 0) is 29.5 Å². The maximum absolute atomic E-state index is 4.10. The van der Waals surface area contributed by atoms with Gasteiger partial charge in [0.15, 0.2) is 0 Å². The van der Waals surface area contributed by atoms with E-state index in [1.807, 2.05) is 12.1 Å². The van der Waals surface area contributed by atoms with Gasteiger partial charge < -0.3 is 0 Å². The zero-order valence-corrected chi connectivity index (χ0v) is 10.7. The lowest BCUT2D eigenvalue weighted by Crippen LogP contribution is -1.96. The fraction of sp³-hybridized carbons (Fsp3) is 0.167. The zero-order valence-electron chi connectivity index (χ0n) is 8.57. The number of hydrogen-bond donors (Lipinski definition) is 1. The van der Waals surface area contributed by atoms with E-state index < -0.39 is 0 Å². The first-order valence-corrected chi connectivity index (χ1v) is 6.69. The van der Waals surface area contributed by atoms with Crippen LogP contribution in [-0.4, -0.2) is 4.43 Å². The molecule has 0 bridgehead atoms. The molecule has 0 fully saturated rings. The lowest BCUT2D eigenvalue weighted by Gasteiger charge is -2.13. The number of aryl methyl sites for hydroxylation is 1. The van der Waals surface area contributed by atoms with E-state index in [1.54, 1.807) is 0 Å². The highest BCUT2D eigenvalue weighted by atomic mass is 127. The molecule has 4 heteroatoms. The number of hydrogen-bond acceptors (Lipinski definition) is 3. The van der Waals surface area contributed by atoms with Crippen molar-refractivity contribution in [3.63, 3.8) is 0 Å². The third-order valence-corrected chi connectivity index (χ3v) is 3.27. The first kappa shape index (κ1) is 10.0. The van der Waals surface area contributed by atoms with Crippen LogP contribution in [-0.2, 0) is 6.42 Å². The number of nitrogens with one attached hydrogen (secondary N) is 1. The van der Waals surface area contributed by atoms with Crippen molar-refractivity contribution >= 4 is 44.7 Å². The fourth-order valence-electron chi connectivity index (χ4n) is 2.03. The highest BCUT2D eigenvalue weighted by Crippen LogP contribution is 2.36. The van der Waals surface area contributed by atoms with E-state index in [0.29, 0.717) is 0 Å². The third kappa shape index (κ3) is 1.57. The second kappa shape index (κ2) is 4.01. The summed E-state index contributed by atoms with van der Waals surface area (Å²) in [7, 11) is 0. The number of halogens is 1. The molecule has 3 rings (SSSR count). The summed E-state index contributed by atoms with van der Waals surface area (Å²) in [4.78, 5) is 0. The van der Waals surface area contributed by atoms with Gasteiger partial charge in [0.25, 0.3) is 0 Å². The fourth-order valence-corrected chi connectivity index (χ4v) is 2.65. The first-order valence-electron chi connectivity index (χ1n) is 5.17. The van der Waals surface area contributed by atoms with Crippen LogP contribution in [0.25, 0.3) is 10.8 Å². The quantitative estimate of drug-likeness (QED) is 0.651. The minimum atomic E-state index is 0.951. The molecule has 0 amide bonds. The topological polar surface area (TPSA) is 36.8 Å². The van der Waals surface area contributed by atoms with Crippen LogP contribution in [0.15, 0.2) is 40.7 Å². The lowest BCUT2D eigenvalue weighted by molar-refractivity contribution is 1.11. The normalized spacial score (nSPS) is 12.8. The molecule has 0 aliphatic carbocycles. The highest BCUT2D eigenvalue weighted by Gasteiger charge is 2.11. The monoisotopic (exact) mass is 323 g/mol. The Morgan fingerprint density at radius 2 is 2.19 bits per heavy atom. The Morgan fingerprint density at radius 1 is 1.25 bits per heavy atom. The van der Waals surface area contributed by atoms with Crippen molar-refractivity contribution in [2.24, 2.45) is 10.3 Å². The predicted octanol–water partition coefficient (Wildman–Crippen LogP) is 4.24. The number of benzene rings is 2. The number of rotatable bonds is 2. The van der Waals surface area contributed by atoms with Crippen LogP contribution in [0.3, 0.4) is 0 Å². The summed E-state index contributed by atoms with van der Waals surface area (Å²) in [5.41, 5.74) is 6.35. The van der Waals surface area contributed by atoms with Gasteiger partial charge in [0.05, 0.1) is 11.4 Å². The highest BCUT2D eigenvalue weighted by molar-refractivity contribution is 14.1. The van der Waals surface area contributed by atoms with Crippen molar-refractivity contribution in [1.29, 1.82) is 0 Å². The molecule has 1 heterocycles. The van der Waals surface area contributed by atoms with E-state index in [2.05, 4.69) is 56.6 Å². The Labute approximate surface area is 107 Å². The van der Waals surface area contributed by atoms with Crippen LogP contribution in [0.5, 0.6) is 0 Å². The van der Waals surface area contributed by atoms with Crippen LogP contribution in [0, 0.1) is 0 Å². The molecule has 1 N–H and O–H groups in total. The van der Waals surface area contributed by atoms with Gasteiger partial charge in [-0.3, -0.25) is 5.43 Å². The molecule has 0 atom stereocenters. The SMILES string of the molecule is ICCc1cc2c3c(cccc3c1)N=NN2. The van der Waals surface area contributed by atoms with Crippen molar-refractivity contribution in [2.75, 3.05) is 9.85 Å². The molecule has 16 heavy (non-hydrogen) atoms. The number of alkyl halides is 1. The van der Waals surface area contributed by atoms with Crippen molar-refractivity contribution < 1.29 is 0 Å². The zero-order chi connectivity index (χ0) is 11.0. The van der Waals surface area contributed by atoms with Crippen molar-refractivity contribution in [3.8, 4) is 0 Å². The van der Waals surface area contributed by atoms with Gasteiger partial charge >= 0.3 is 0 Å². The van der Waals surface area contributed by atoms with Crippen LogP contribution in [0.4, 0.5) is 11.4 Å². The Balaban J connectivity index is 2.29. The van der Waals surface area contributed by atoms with Gasteiger partial charge in [-0.1, -0.05) is 46.0 Å². The van der Waals surface area contributed by atoms with Crippen molar-refractivity contribution in [2.45, 2.75) is 6.42 Å². The van der Waals surface area contributed by atoms with E-state index in [9.17, 15) is 0 Å². The first-order chi connectivity index (χ1) is 7.88. The van der Waals surface area contributed by atoms with E-state index in [4.69, 9.17) is 0 Å². The summed E-state index contributed by atoms with van der Waals surface area (Å²) in [6.07, 6.45) is 1.09. The van der Waals surface area contributed by atoms with Crippen LogP contribution < -0.4 is 5.43 Å². The van der Waals surface area contributed by atoms with E-state index >= 15 is 0 Å². The Kier molecular flexibility index (Phi) is 2.51. The molecule has 2 aromatic carbocycles. The molecule has 1 aliphatic rings. The summed E-state index contributed by atoms with van der Waals surface area (Å²) in [6, 6.07) is 10.6. The Morgan fingerprint density at radius 3 is 3.06 bits per heavy atom. The van der Waals surface area contributed by atoms with Crippen LogP contribution in [0.2, 0.25) is 0 Å². The van der Waals surface area contributed by atoms with E-state index in [-0.39, 0.29) is 0 Å². The largest absolute Gasteiger partial charge is 0.259 e. The summed E-state index contributed by atoms with van der Waals surface area (Å²) in [5, 5.41) is 10.4. The molecular weight excluding hydrogens is 313 g/mol. The molecule has 0 saturated heterocycles. The van der Waals surface area contributed by atoms with Gasteiger partial charge in [-0.25, -0.2) is 0 Å². The molecule has 3 nitrogen and oxygen atoms in total. The van der Waals surface area contributed by atoms with Gasteiger partial charge in [-0.2, -0.15) is 0 Å². The average molecular weight is 323 g/mol. The average Bonchev–Trinajstić information content (AvgIpc) is 2.30. The number of anilines is 1. The maximum Gasteiger partial charge on any atom is 0.0974 e. The Hall–Kier alpha value is -1.17. The molecule has 0 aromatic heterocycles. The molecule has 0 spiro atoms. The molecule has 1 aliphatic heterocycles. The van der Waals surface area contributed by atoms with Gasteiger partial charge in [0, 0.05) is 9.81 Å². The van der Waals surface area contributed by atoms with Gasteiger partial charge in [0.1, 0.15) is 0 Å². The Bertz CT molecular complexity index is 578. The minimum absolute atomic E-state index is 0.951. The minimum Gasteiger partial charge on any atom is -0.259 e. The second-order valence-electron chi connectivity index (χ2n) is 3.77. The number of nitrogens with zero attached hydrogens (tertiary/aromatic N) is 2. The van der Waals surface area contributed by atoms with E-state index in [0.717, 1.165) is 22.2 Å². The molecule has 80 valence electrons. The summed E-state index contributed by atoms with van der Waals surface area (Å²) in [6.45, 7) is 0. The standard InChI is InChI=1S/C12H10IN3/c13-5-4-8-6-9-2-1-3-10-12(9)11(7-8)15-16-14-10/h1-3,6-7H,4-5H2,(H,14,15). The molecule has 0 radical (unpaired) electrons. The van der Waals surface area contributed by atoms with E-state index in [1.165, 1.54) is 16.3 Å². The maximum atomic E-state index is 4.10. The van der Waals surface area contributed by atoms with Gasteiger partial charge in [-0.15, -0.1) is 5.11 Å². The van der Waals surface area contributed by atoms with Crippen LogP contribution in [0.1, 0.15) is 5.56 Å². The van der Waals surface area contributed by atoms with Crippen molar-refractivity contribution in [3.05, 3.63) is 35.9 Å². The summed E-state index contributed by atoms with van der Waals surface area (Å²) < 4.78 is 1.13. The second-order valence-corrected chi connectivity index (χ2v) is 4.85. The summed E-state index contributed by atoms with van der Waals surface area (Å²) >= 11 is 2.40. The lowest BCUT2D eigenvalue weighted by atomic mass is 10.0. The molecule has 0 saturated carbocycles. The smallest absolute Gasteiger partial charge is 0.0974 e. The predicted molar refractivity (Wildman–Crippen MR) is 74.7 cm³/mol. The van der Waals surface area contributed by atoms with Gasteiger partial charge in [0.2, 0.25) is 0 Å². The molecule has 0 unspecified atom stereocenters. The third-order valence-electron chi connectivity index (χ3n) is 2.73. The van der Waals surface area contributed by atoms with Crippen molar-refractivity contribution in [1.82, 2.24) is 0 Å². The van der Waals surface area contributed by atoms with Crippen LogP contribution >= 0.6 is 22.6 Å². The molecule has 2 aromatic rings. The summed E-state index contributed by atoms with van der Waals surface area (Å²) in [5.74, 6) is 0. The molecular formula is C12H10IN3.